The molecule has 0 aromatic heterocycles. The molecule has 134 valence electrons. The van der Waals surface area contributed by atoms with Gasteiger partial charge in [0.2, 0.25) is 12.9 Å². The summed E-state index contributed by atoms with van der Waals surface area (Å²) in [6.45, 7) is 0.539. The summed E-state index contributed by atoms with van der Waals surface area (Å²) in [4.78, 5) is 17.7. The van der Waals surface area contributed by atoms with Gasteiger partial charge in [-0.2, -0.15) is 5.06 Å². The third-order valence-electron chi connectivity index (χ3n) is 5.14. The van der Waals surface area contributed by atoms with E-state index >= 15 is 0 Å². The maximum Gasteiger partial charge on any atom is 0.389 e. The Morgan fingerprint density at radius 2 is 1.96 bits per heavy atom. The van der Waals surface area contributed by atoms with Gasteiger partial charge in [-0.05, 0) is 18.2 Å². The van der Waals surface area contributed by atoms with Gasteiger partial charge in [0.25, 0.3) is 0 Å². The fourth-order valence-electron chi connectivity index (χ4n) is 4.02. The van der Waals surface area contributed by atoms with E-state index in [2.05, 4.69) is 0 Å². The minimum absolute atomic E-state index is 0.134. The molecule has 3 atom stereocenters. The summed E-state index contributed by atoms with van der Waals surface area (Å²) in [6, 6.07) is 12.6. The quantitative estimate of drug-likeness (QED) is 0.604. The lowest BCUT2D eigenvalue weighted by Crippen LogP contribution is -2.53. The SMILES string of the molecule is CN1C[C@@H]2c3ccccc3O[C@@H](c3ccc4c(c3)OCO4)[C@]2([N+](=O)[O-])O1. The van der Waals surface area contributed by atoms with Crippen LogP contribution in [0.5, 0.6) is 17.2 Å². The first-order valence-electron chi connectivity index (χ1n) is 8.29. The topological polar surface area (TPSA) is 83.3 Å². The lowest BCUT2D eigenvalue weighted by Gasteiger charge is -2.37. The van der Waals surface area contributed by atoms with Crippen molar-refractivity contribution in [3.63, 3.8) is 0 Å². The number of hydroxylamine groups is 2. The first-order chi connectivity index (χ1) is 12.6. The lowest BCUT2D eigenvalue weighted by atomic mass is 9.80. The van der Waals surface area contributed by atoms with Gasteiger partial charge in [-0.15, -0.1) is 0 Å². The Balaban J connectivity index is 1.69. The molecule has 2 aromatic carbocycles. The molecule has 3 aliphatic rings. The Kier molecular flexibility index (Phi) is 3.16. The number of nitrogens with zero attached hydrogens (tertiary/aromatic N) is 2. The molecule has 5 rings (SSSR count). The Morgan fingerprint density at radius 3 is 2.81 bits per heavy atom. The monoisotopic (exact) mass is 356 g/mol. The van der Waals surface area contributed by atoms with Crippen molar-refractivity contribution < 1.29 is 24.0 Å². The van der Waals surface area contributed by atoms with Crippen molar-refractivity contribution in [1.29, 1.82) is 0 Å². The largest absolute Gasteiger partial charge is 0.475 e. The number of para-hydroxylation sites is 1. The molecule has 0 spiro atoms. The van der Waals surface area contributed by atoms with Crippen molar-refractivity contribution in [3.05, 3.63) is 63.7 Å². The highest BCUT2D eigenvalue weighted by Gasteiger charge is 2.68. The minimum Gasteiger partial charge on any atom is -0.475 e. The molecule has 0 unspecified atom stereocenters. The van der Waals surface area contributed by atoms with E-state index in [1.54, 1.807) is 25.2 Å². The molecule has 26 heavy (non-hydrogen) atoms. The van der Waals surface area contributed by atoms with E-state index in [0.29, 0.717) is 29.4 Å². The van der Waals surface area contributed by atoms with Crippen molar-refractivity contribution in [2.24, 2.45) is 0 Å². The number of nitro groups is 1. The first kappa shape index (κ1) is 15.4. The fraction of sp³-hybridized carbons (Fsp3) is 0.333. The van der Waals surface area contributed by atoms with Crippen LogP contribution in [0.4, 0.5) is 0 Å². The van der Waals surface area contributed by atoms with Crippen LogP contribution in [0.25, 0.3) is 0 Å². The molecule has 8 nitrogen and oxygen atoms in total. The first-order valence-corrected chi connectivity index (χ1v) is 8.29. The number of benzene rings is 2. The second-order valence-corrected chi connectivity index (χ2v) is 6.61. The lowest BCUT2D eigenvalue weighted by molar-refractivity contribution is -0.655. The van der Waals surface area contributed by atoms with Crippen molar-refractivity contribution in [3.8, 4) is 17.2 Å². The predicted molar refractivity (Wildman–Crippen MR) is 88.6 cm³/mol. The molecular weight excluding hydrogens is 340 g/mol. The van der Waals surface area contributed by atoms with E-state index in [0.717, 1.165) is 5.56 Å². The minimum atomic E-state index is -1.74. The zero-order chi connectivity index (χ0) is 17.9. The van der Waals surface area contributed by atoms with Crippen molar-refractivity contribution in [2.45, 2.75) is 17.7 Å². The smallest absolute Gasteiger partial charge is 0.389 e. The fourth-order valence-corrected chi connectivity index (χ4v) is 4.02. The third-order valence-corrected chi connectivity index (χ3v) is 5.14. The maximum atomic E-state index is 12.2. The van der Waals surface area contributed by atoms with Gasteiger partial charge in [0.05, 0.1) is 4.92 Å². The van der Waals surface area contributed by atoms with Crippen LogP contribution in [0, 0.1) is 10.1 Å². The second kappa shape index (κ2) is 5.33. The van der Waals surface area contributed by atoms with Gasteiger partial charge in [0.15, 0.2) is 11.5 Å². The summed E-state index contributed by atoms with van der Waals surface area (Å²) in [5, 5.41) is 13.8. The van der Waals surface area contributed by atoms with Gasteiger partial charge in [-0.3, -0.25) is 10.1 Å². The highest BCUT2D eigenvalue weighted by atomic mass is 16.8. The normalized spacial score (nSPS) is 29.0. The van der Waals surface area contributed by atoms with Gasteiger partial charge >= 0.3 is 5.72 Å². The van der Waals surface area contributed by atoms with E-state index in [4.69, 9.17) is 19.0 Å². The molecule has 3 heterocycles. The van der Waals surface area contributed by atoms with E-state index in [1.165, 1.54) is 5.06 Å². The molecule has 0 N–H and O–H groups in total. The summed E-state index contributed by atoms with van der Waals surface area (Å²) in [6.07, 6.45) is -0.920. The number of rotatable bonds is 2. The van der Waals surface area contributed by atoms with E-state index < -0.39 is 17.7 Å². The molecular formula is C18H16N2O6. The van der Waals surface area contributed by atoms with Crippen molar-refractivity contribution in [2.75, 3.05) is 20.4 Å². The zero-order valence-electron chi connectivity index (χ0n) is 14.0. The van der Waals surface area contributed by atoms with E-state index in [-0.39, 0.29) is 11.7 Å². The molecule has 1 fully saturated rings. The summed E-state index contributed by atoms with van der Waals surface area (Å²) in [7, 11) is 1.70. The van der Waals surface area contributed by atoms with Crippen LogP contribution >= 0.6 is 0 Å². The summed E-state index contributed by atoms with van der Waals surface area (Å²) < 4.78 is 16.9. The number of hydrogen-bond acceptors (Lipinski definition) is 7. The van der Waals surface area contributed by atoms with Gasteiger partial charge in [-0.1, -0.05) is 24.3 Å². The molecule has 0 radical (unpaired) electrons. The average Bonchev–Trinajstić information content (AvgIpc) is 3.24. The van der Waals surface area contributed by atoms with Crippen LogP contribution in [-0.4, -0.2) is 36.1 Å². The van der Waals surface area contributed by atoms with Crippen molar-refractivity contribution >= 4 is 0 Å². The second-order valence-electron chi connectivity index (χ2n) is 6.61. The Labute approximate surface area is 148 Å². The predicted octanol–water partition coefficient (Wildman–Crippen LogP) is 2.48. The van der Waals surface area contributed by atoms with Crippen LogP contribution in [0.15, 0.2) is 42.5 Å². The maximum absolute atomic E-state index is 12.2. The molecule has 8 heteroatoms. The standard InChI is InChI=1S/C18H16N2O6/c1-19-9-13-12-4-2-3-5-14(12)25-17(18(13,26-19)20(21)22)11-6-7-15-16(8-11)24-10-23-15/h2-8,13,17H,9-10H2,1H3/t13-,17+,18-/m1/s1. The number of fused-ring (bicyclic) bond motifs is 4. The van der Waals surface area contributed by atoms with Crippen molar-refractivity contribution in [1.82, 2.24) is 5.06 Å². The molecule has 3 aliphatic heterocycles. The van der Waals surface area contributed by atoms with Crippen LogP contribution in [0.2, 0.25) is 0 Å². The molecule has 0 aliphatic carbocycles. The van der Waals surface area contributed by atoms with Gasteiger partial charge < -0.3 is 14.2 Å². The Hall–Kier alpha value is -2.84. The summed E-state index contributed by atoms with van der Waals surface area (Å²) in [5.41, 5.74) is -0.345. The average molecular weight is 356 g/mol. The van der Waals surface area contributed by atoms with E-state index in [9.17, 15) is 10.1 Å². The van der Waals surface area contributed by atoms with Crippen LogP contribution in [0.3, 0.4) is 0 Å². The molecule has 2 aromatic rings. The Bertz CT molecular complexity index is 903. The number of likely N-dealkylation sites (N-methyl/N-ethyl adjacent to an activating group) is 1. The molecule has 0 amide bonds. The van der Waals surface area contributed by atoms with Crippen LogP contribution < -0.4 is 14.2 Å². The highest BCUT2D eigenvalue weighted by Crippen LogP contribution is 2.54. The molecule has 1 saturated heterocycles. The van der Waals surface area contributed by atoms with E-state index in [1.807, 2.05) is 24.3 Å². The van der Waals surface area contributed by atoms with Gasteiger partial charge in [-0.25, -0.2) is 4.84 Å². The number of ether oxygens (including phenoxy) is 3. The van der Waals surface area contributed by atoms with Crippen LogP contribution in [0.1, 0.15) is 23.1 Å². The zero-order valence-corrected chi connectivity index (χ0v) is 14.0. The summed E-state index contributed by atoms with van der Waals surface area (Å²) in [5.74, 6) is 1.34. The summed E-state index contributed by atoms with van der Waals surface area (Å²) >= 11 is 0. The van der Waals surface area contributed by atoms with Crippen LogP contribution in [-0.2, 0) is 4.84 Å². The third kappa shape index (κ3) is 1.96. The molecule has 0 saturated carbocycles. The van der Waals surface area contributed by atoms with Gasteiger partial charge in [0, 0.05) is 24.7 Å². The molecule has 0 bridgehead atoms. The van der Waals surface area contributed by atoms with Gasteiger partial charge in [0.1, 0.15) is 11.7 Å². The highest BCUT2D eigenvalue weighted by molar-refractivity contribution is 5.48. The number of hydrogen-bond donors (Lipinski definition) is 0. The Morgan fingerprint density at radius 1 is 1.15 bits per heavy atom.